The molecule has 2 aromatic heterocycles. The summed E-state index contributed by atoms with van der Waals surface area (Å²) in [6.07, 6.45) is 2.21. The minimum atomic E-state index is -0.154. The number of furan rings is 1. The van der Waals surface area contributed by atoms with Crippen molar-refractivity contribution in [1.82, 2.24) is 14.9 Å². The fraction of sp³-hybridized carbons (Fsp3) is 0.333. The lowest BCUT2D eigenvalue weighted by Crippen LogP contribution is -2.36. The van der Waals surface area contributed by atoms with Crippen LogP contribution in [0.15, 0.2) is 47.0 Å². The lowest BCUT2D eigenvalue weighted by molar-refractivity contribution is -0.131. The molecule has 0 saturated carbocycles. The summed E-state index contributed by atoms with van der Waals surface area (Å²) < 4.78 is 11.4. The van der Waals surface area contributed by atoms with E-state index < -0.39 is 0 Å². The SMILES string of the molecule is N#CCC(=O)N1CCc2oc(-c3ccnc(Nc4ccc(N5CCOCC5)cc4)n3)cc2C1. The van der Waals surface area contributed by atoms with Crippen LogP contribution < -0.4 is 10.2 Å². The first-order valence-corrected chi connectivity index (χ1v) is 11.0. The molecule has 33 heavy (non-hydrogen) atoms. The normalized spacial score (nSPS) is 15.6. The van der Waals surface area contributed by atoms with Gasteiger partial charge in [0.2, 0.25) is 11.9 Å². The Morgan fingerprint density at radius 2 is 1.97 bits per heavy atom. The second-order valence-electron chi connectivity index (χ2n) is 8.00. The summed E-state index contributed by atoms with van der Waals surface area (Å²) in [5.41, 5.74) is 3.69. The fourth-order valence-electron chi connectivity index (χ4n) is 4.11. The van der Waals surface area contributed by atoms with Crippen molar-refractivity contribution in [2.75, 3.05) is 43.1 Å². The second kappa shape index (κ2) is 9.30. The molecule has 4 heterocycles. The number of anilines is 3. The molecule has 9 nitrogen and oxygen atoms in total. The molecule has 2 aliphatic heterocycles. The Hall–Kier alpha value is -3.90. The van der Waals surface area contributed by atoms with Crippen molar-refractivity contribution < 1.29 is 13.9 Å². The predicted octanol–water partition coefficient (Wildman–Crippen LogP) is 3.12. The van der Waals surface area contributed by atoms with Crippen LogP contribution in [-0.4, -0.2) is 53.6 Å². The molecule has 2 aliphatic rings. The number of carbonyl (C=O) groups is 1. The number of nitriles is 1. The van der Waals surface area contributed by atoms with Gasteiger partial charge in [-0.25, -0.2) is 9.97 Å². The number of rotatable bonds is 5. The van der Waals surface area contributed by atoms with E-state index in [1.54, 1.807) is 17.2 Å². The van der Waals surface area contributed by atoms with Gasteiger partial charge < -0.3 is 24.3 Å². The van der Waals surface area contributed by atoms with Gasteiger partial charge in [-0.15, -0.1) is 0 Å². The van der Waals surface area contributed by atoms with Crippen LogP contribution >= 0.6 is 0 Å². The van der Waals surface area contributed by atoms with E-state index in [0.717, 1.165) is 43.3 Å². The molecule has 3 aromatic rings. The number of ether oxygens (including phenoxy) is 1. The van der Waals surface area contributed by atoms with Crippen LogP contribution in [0.2, 0.25) is 0 Å². The summed E-state index contributed by atoms with van der Waals surface area (Å²) in [7, 11) is 0. The summed E-state index contributed by atoms with van der Waals surface area (Å²) in [5, 5.41) is 12.0. The third kappa shape index (κ3) is 4.66. The molecule has 0 atom stereocenters. The van der Waals surface area contributed by atoms with Crippen LogP contribution in [-0.2, 0) is 22.5 Å². The van der Waals surface area contributed by atoms with E-state index in [1.165, 1.54) is 5.69 Å². The van der Waals surface area contributed by atoms with Crippen LogP contribution in [0.25, 0.3) is 11.5 Å². The number of amides is 1. The van der Waals surface area contributed by atoms with Crippen LogP contribution in [0.5, 0.6) is 0 Å². The first-order valence-electron chi connectivity index (χ1n) is 11.0. The van der Waals surface area contributed by atoms with Gasteiger partial charge in [0.15, 0.2) is 5.76 Å². The second-order valence-corrected chi connectivity index (χ2v) is 8.00. The van der Waals surface area contributed by atoms with E-state index in [2.05, 4.69) is 32.3 Å². The number of fused-ring (bicyclic) bond motifs is 1. The number of carbonyl (C=O) groups excluding carboxylic acids is 1. The van der Waals surface area contributed by atoms with Gasteiger partial charge in [-0.3, -0.25) is 4.79 Å². The van der Waals surface area contributed by atoms with Crippen molar-refractivity contribution in [2.45, 2.75) is 19.4 Å². The zero-order valence-corrected chi connectivity index (χ0v) is 18.2. The number of hydrogen-bond acceptors (Lipinski definition) is 8. The lowest BCUT2D eigenvalue weighted by Gasteiger charge is -2.28. The Labute approximate surface area is 191 Å². The van der Waals surface area contributed by atoms with E-state index in [4.69, 9.17) is 14.4 Å². The molecule has 5 rings (SSSR count). The van der Waals surface area contributed by atoms with Gasteiger partial charge >= 0.3 is 0 Å². The van der Waals surface area contributed by atoms with Gasteiger partial charge in [0.1, 0.15) is 17.9 Å². The number of hydrogen-bond donors (Lipinski definition) is 1. The molecule has 0 spiro atoms. The number of nitrogens with one attached hydrogen (secondary N) is 1. The average Bonchev–Trinajstić information content (AvgIpc) is 3.29. The van der Waals surface area contributed by atoms with E-state index in [9.17, 15) is 4.79 Å². The van der Waals surface area contributed by atoms with Crippen LogP contribution in [0.4, 0.5) is 17.3 Å². The van der Waals surface area contributed by atoms with E-state index in [0.29, 0.717) is 36.9 Å². The molecule has 1 N–H and O–H groups in total. The molecule has 0 radical (unpaired) electrons. The number of morpholine rings is 1. The lowest BCUT2D eigenvalue weighted by atomic mass is 10.1. The summed E-state index contributed by atoms with van der Waals surface area (Å²) in [5.74, 6) is 1.83. The van der Waals surface area contributed by atoms with Gasteiger partial charge in [0.25, 0.3) is 0 Å². The van der Waals surface area contributed by atoms with Gasteiger partial charge in [-0.1, -0.05) is 0 Å². The number of benzene rings is 1. The smallest absolute Gasteiger partial charge is 0.237 e. The number of aromatic nitrogens is 2. The van der Waals surface area contributed by atoms with Crippen molar-refractivity contribution in [3.63, 3.8) is 0 Å². The van der Waals surface area contributed by atoms with Crippen molar-refractivity contribution in [3.8, 4) is 17.5 Å². The highest BCUT2D eigenvalue weighted by atomic mass is 16.5. The van der Waals surface area contributed by atoms with Gasteiger partial charge in [-0.2, -0.15) is 5.26 Å². The highest BCUT2D eigenvalue weighted by molar-refractivity contribution is 5.78. The third-order valence-electron chi connectivity index (χ3n) is 5.86. The first kappa shape index (κ1) is 21.0. The van der Waals surface area contributed by atoms with Crippen molar-refractivity contribution in [1.29, 1.82) is 5.26 Å². The first-order chi connectivity index (χ1) is 16.2. The Morgan fingerprint density at radius 3 is 2.76 bits per heavy atom. The van der Waals surface area contributed by atoms with Crippen LogP contribution in [0, 0.1) is 11.3 Å². The Kier molecular flexibility index (Phi) is 5.91. The Bertz CT molecular complexity index is 1180. The largest absolute Gasteiger partial charge is 0.459 e. The van der Waals surface area contributed by atoms with Crippen molar-refractivity contribution in [3.05, 3.63) is 53.9 Å². The van der Waals surface area contributed by atoms with Gasteiger partial charge in [0, 0.05) is 55.7 Å². The summed E-state index contributed by atoms with van der Waals surface area (Å²) in [4.78, 5) is 25.0. The standard InChI is InChI=1S/C24H24N6O3/c25-8-5-23(31)30-10-7-21-17(16-30)15-22(33-21)20-6-9-26-24(28-20)27-18-1-3-19(4-2-18)29-11-13-32-14-12-29/h1-4,6,9,15H,5,7,10-14,16H2,(H,26,27,28). The predicted molar refractivity (Wildman–Crippen MR) is 122 cm³/mol. The summed E-state index contributed by atoms with van der Waals surface area (Å²) in [6, 6.07) is 13.8. The zero-order valence-electron chi connectivity index (χ0n) is 18.2. The molecule has 168 valence electrons. The third-order valence-corrected chi connectivity index (χ3v) is 5.86. The molecular formula is C24H24N6O3. The minimum Gasteiger partial charge on any atom is -0.459 e. The van der Waals surface area contributed by atoms with Crippen LogP contribution in [0.3, 0.4) is 0 Å². The monoisotopic (exact) mass is 444 g/mol. The fourth-order valence-corrected chi connectivity index (χ4v) is 4.11. The highest BCUT2D eigenvalue weighted by Gasteiger charge is 2.24. The molecule has 1 fully saturated rings. The van der Waals surface area contributed by atoms with Gasteiger partial charge in [-0.05, 0) is 36.4 Å². The Balaban J connectivity index is 1.28. The number of nitrogens with zero attached hydrogens (tertiary/aromatic N) is 5. The quantitative estimate of drug-likeness (QED) is 0.640. The van der Waals surface area contributed by atoms with Crippen LogP contribution in [0.1, 0.15) is 17.7 Å². The topological polar surface area (TPSA) is 108 Å². The maximum atomic E-state index is 12.0. The Morgan fingerprint density at radius 1 is 1.15 bits per heavy atom. The molecule has 9 heteroatoms. The minimum absolute atomic E-state index is 0.103. The van der Waals surface area contributed by atoms with Crippen molar-refractivity contribution in [2.24, 2.45) is 0 Å². The van der Waals surface area contributed by atoms with E-state index in [1.807, 2.05) is 24.3 Å². The molecule has 0 aliphatic carbocycles. The molecule has 1 aromatic carbocycles. The molecule has 0 unspecified atom stereocenters. The van der Waals surface area contributed by atoms with E-state index in [-0.39, 0.29) is 12.3 Å². The van der Waals surface area contributed by atoms with Crippen molar-refractivity contribution >= 4 is 23.2 Å². The molecule has 0 bridgehead atoms. The molecule has 1 amide bonds. The summed E-state index contributed by atoms with van der Waals surface area (Å²) >= 11 is 0. The highest BCUT2D eigenvalue weighted by Crippen LogP contribution is 2.29. The maximum Gasteiger partial charge on any atom is 0.237 e. The maximum absolute atomic E-state index is 12.0. The molecule has 1 saturated heterocycles. The summed E-state index contributed by atoms with van der Waals surface area (Å²) in [6.45, 7) is 4.31. The van der Waals surface area contributed by atoms with E-state index >= 15 is 0 Å². The average molecular weight is 444 g/mol. The van der Waals surface area contributed by atoms with Gasteiger partial charge in [0.05, 0.1) is 19.3 Å². The molecular weight excluding hydrogens is 420 g/mol. The zero-order chi connectivity index (χ0) is 22.6.